The van der Waals surface area contributed by atoms with Gasteiger partial charge in [-0.3, -0.25) is 4.79 Å². The molecule has 1 fully saturated rings. The highest BCUT2D eigenvalue weighted by atomic mass is 79.9. The standard InChI is InChI=1S/C14H16BrN5OS/c1-8(13(21)17-9-6-7-9)22-14-19-18-12(20(14)16)10-4-2-3-5-11(10)15/h2-5,8-9H,6-7,16H2,1H3,(H,17,21)/t8-/m0/s1. The molecule has 6 nitrogen and oxygen atoms in total. The lowest BCUT2D eigenvalue weighted by Gasteiger charge is -2.11. The topological polar surface area (TPSA) is 85.8 Å². The Balaban J connectivity index is 1.75. The van der Waals surface area contributed by atoms with E-state index in [4.69, 9.17) is 5.84 Å². The van der Waals surface area contributed by atoms with E-state index in [9.17, 15) is 4.79 Å². The lowest BCUT2D eigenvalue weighted by atomic mass is 10.2. The lowest BCUT2D eigenvalue weighted by molar-refractivity contribution is -0.120. The summed E-state index contributed by atoms with van der Waals surface area (Å²) in [5.41, 5.74) is 0.861. The highest BCUT2D eigenvalue weighted by Gasteiger charge is 2.27. The zero-order chi connectivity index (χ0) is 15.7. The molecular formula is C14H16BrN5OS. The number of rotatable bonds is 5. The molecule has 0 unspecified atom stereocenters. The molecule has 3 N–H and O–H groups in total. The van der Waals surface area contributed by atoms with Gasteiger partial charge in [0.05, 0.1) is 5.25 Å². The van der Waals surface area contributed by atoms with Crippen LogP contribution < -0.4 is 11.2 Å². The van der Waals surface area contributed by atoms with Crippen molar-refractivity contribution < 1.29 is 4.79 Å². The van der Waals surface area contributed by atoms with Crippen molar-refractivity contribution in [2.24, 2.45) is 0 Å². The number of thioether (sulfide) groups is 1. The van der Waals surface area contributed by atoms with Gasteiger partial charge in [0.2, 0.25) is 11.1 Å². The second-order valence-corrected chi connectivity index (χ2v) is 7.36. The SMILES string of the molecule is C[C@H](Sc1nnc(-c2ccccc2Br)n1N)C(=O)NC1CC1. The quantitative estimate of drug-likeness (QED) is 0.612. The Labute approximate surface area is 141 Å². The molecule has 0 bridgehead atoms. The van der Waals surface area contributed by atoms with E-state index in [2.05, 4.69) is 31.4 Å². The van der Waals surface area contributed by atoms with Gasteiger partial charge in [0.1, 0.15) is 0 Å². The zero-order valence-corrected chi connectivity index (χ0v) is 14.4. The van der Waals surface area contributed by atoms with Gasteiger partial charge >= 0.3 is 0 Å². The van der Waals surface area contributed by atoms with E-state index in [0.29, 0.717) is 17.0 Å². The molecule has 1 heterocycles. The number of amides is 1. The number of nitrogens with one attached hydrogen (secondary N) is 1. The van der Waals surface area contributed by atoms with Crippen molar-refractivity contribution in [3.8, 4) is 11.4 Å². The van der Waals surface area contributed by atoms with Gasteiger partial charge in [0.25, 0.3) is 0 Å². The number of nitrogens with zero attached hydrogens (tertiary/aromatic N) is 3. The highest BCUT2D eigenvalue weighted by molar-refractivity contribution is 9.10. The first-order valence-corrected chi connectivity index (χ1v) is 8.66. The molecule has 1 atom stereocenters. The molecule has 0 aliphatic heterocycles. The minimum Gasteiger partial charge on any atom is -0.352 e. The van der Waals surface area contributed by atoms with Crippen molar-refractivity contribution >= 4 is 33.6 Å². The fraction of sp³-hybridized carbons (Fsp3) is 0.357. The normalized spacial score (nSPS) is 15.5. The number of carbonyl (C=O) groups is 1. The van der Waals surface area contributed by atoms with Crippen LogP contribution in [0.5, 0.6) is 0 Å². The maximum atomic E-state index is 12.0. The summed E-state index contributed by atoms with van der Waals surface area (Å²) in [7, 11) is 0. The van der Waals surface area contributed by atoms with E-state index in [1.807, 2.05) is 31.2 Å². The second-order valence-electron chi connectivity index (χ2n) is 5.20. The van der Waals surface area contributed by atoms with Crippen molar-refractivity contribution in [3.63, 3.8) is 0 Å². The number of nitrogen functional groups attached to an aromatic ring is 1. The molecule has 0 saturated heterocycles. The molecule has 1 amide bonds. The van der Waals surface area contributed by atoms with Gasteiger partial charge in [-0.25, -0.2) is 4.68 Å². The summed E-state index contributed by atoms with van der Waals surface area (Å²) < 4.78 is 2.32. The van der Waals surface area contributed by atoms with E-state index in [1.165, 1.54) is 16.4 Å². The Kier molecular flexibility index (Phi) is 4.39. The number of nitrogens with two attached hydrogens (primary N) is 1. The summed E-state index contributed by atoms with van der Waals surface area (Å²) >= 11 is 4.78. The molecule has 1 aliphatic carbocycles. The Bertz CT molecular complexity index is 700. The van der Waals surface area contributed by atoms with Crippen LogP contribution in [0.1, 0.15) is 19.8 Å². The van der Waals surface area contributed by atoms with Crippen LogP contribution in [0.3, 0.4) is 0 Å². The predicted molar refractivity (Wildman–Crippen MR) is 89.8 cm³/mol. The molecule has 3 rings (SSSR count). The van der Waals surface area contributed by atoms with Crippen LogP contribution in [-0.4, -0.2) is 32.1 Å². The average molecular weight is 382 g/mol. The van der Waals surface area contributed by atoms with E-state index in [1.54, 1.807) is 0 Å². The van der Waals surface area contributed by atoms with Gasteiger partial charge in [-0.05, 0) is 31.9 Å². The predicted octanol–water partition coefficient (Wildman–Crippen LogP) is 2.18. The van der Waals surface area contributed by atoms with Crippen molar-refractivity contribution in [2.45, 2.75) is 36.2 Å². The minimum atomic E-state index is -0.265. The van der Waals surface area contributed by atoms with E-state index < -0.39 is 0 Å². The van der Waals surface area contributed by atoms with Crippen LogP contribution in [-0.2, 0) is 4.79 Å². The highest BCUT2D eigenvalue weighted by Crippen LogP contribution is 2.29. The molecular weight excluding hydrogens is 366 g/mol. The van der Waals surface area contributed by atoms with E-state index in [-0.39, 0.29) is 11.2 Å². The third-order valence-electron chi connectivity index (χ3n) is 3.35. The maximum absolute atomic E-state index is 12.0. The van der Waals surface area contributed by atoms with Crippen LogP contribution in [0.25, 0.3) is 11.4 Å². The largest absolute Gasteiger partial charge is 0.352 e. The summed E-state index contributed by atoms with van der Waals surface area (Å²) in [6, 6.07) is 8.01. The Morgan fingerprint density at radius 1 is 1.45 bits per heavy atom. The fourth-order valence-corrected chi connectivity index (χ4v) is 3.18. The van der Waals surface area contributed by atoms with Crippen LogP contribution in [0.2, 0.25) is 0 Å². The number of aromatic nitrogens is 3. The Hall–Kier alpha value is -1.54. The van der Waals surface area contributed by atoms with E-state index in [0.717, 1.165) is 22.9 Å². The smallest absolute Gasteiger partial charge is 0.233 e. The Morgan fingerprint density at radius 2 is 2.18 bits per heavy atom. The lowest BCUT2D eigenvalue weighted by Crippen LogP contribution is -2.32. The molecule has 2 aromatic rings. The molecule has 116 valence electrons. The molecule has 1 saturated carbocycles. The average Bonchev–Trinajstić information content (AvgIpc) is 3.24. The van der Waals surface area contributed by atoms with Gasteiger partial charge in [0.15, 0.2) is 5.82 Å². The third-order valence-corrected chi connectivity index (χ3v) is 5.10. The number of hydrogen-bond acceptors (Lipinski definition) is 5. The fourth-order valence-electron chi connectivity index (χ4n) is 1.94. The number of halogens is 1. The molecule has 22 heavy (non-hydrogen) atoms. The first kappa shape index (κ1) is 15.4. The number of hydrogen-bond donors (Lipinski definition) is 2. The van der Waals surface area contributed by atoms with Crippen LogP contribution in [0, 0.1) is 0 Å². The molecule has 0 spiro atoms. The summed E-state index contributed by atoms with van der Waals surface area (Å²) in [5, 5.41) is 11.5. The van der Waals surface area contributed by atoms with Crippen molar-refractivity contribution in [1.29, 1.82) is 0 Å². The summed E-state index contributed by atoms with van der Waals surface area (Å²) in [5.74, 6) is 6.66. The molecule has 1 aliphatic rings. The second kappa shape index (κ2) is 6.29. The third kappa shape index (κ3) is 3.27. The van der Waals surface area contributed by atoms with Crippen LogP contribution in [0.15, 0.2) is 33.9 Å². The zero-order valence-electron chi connectivity index (χ0n) is 12.0. The van der Waals surface area contributed by atoms with E-state index >= 15 is 0 Å². The minimum absolute atomic E-state index is 0.0120. The summed E-state index contributed by atoms with van der Waals surface area (Å²) in [4.78, 5) is 12.0. The van der Waals surface area contributed by atoms with Gasteiger partial charge in [-0.2, -0.15) is 0 Å². The van der Waals surface area contributed by atoms with Gasteiger partial charge in [-0.15, -0.1) is 10.2 Å². The van der Waals surface area contributed by atoms with Crippen molar-refractivity contribution in [3.05, 3.63) is 28.7 Å². The Morgan fingerprint density at radius 3 is 2.86 bits per heavy atom. The van der Waals surface area contributed by atoms with Crippen molar-refractivity contribution in [1.82, 2.24) is 20.2 Å². The maximum Gasteiger partial charge on any atom is 0.233 e. The monoisotopic (exact) mass is 381 g/mol. The summed E-state index contributed by atoms with van der Waals surface area (Å²) in [6.45, 7) is 1.84. The van der Waals surface area contributed by atoms with Crippen molar-refractivity contribution in [2.75, 3.05) is 5.84 Å². The van der Waals surface area contributed by atoms with Crippen LogP contribution >= 0.6 is 27.7 Å². The molecule has 1 aromatic heterocycles. The molecule has 8 heteroatoms. The molecule has 0 radical (unpaired) electrons. The van der Waals surface area contributed by atoms with Gasteiger partial charge < -0.3 is 11.2 Å². The van der Waals surface area contributed by atoms with Crippen LogP contribution in [0.4, 0.5) is 0 Å². The number of benzene rings is 1. The molecule has 1 aromatic carbocycles. The van der Waals surface area contributed by atoms with Gasteiger partial charge in [-0.1, -0.05) is 39.8 Å². The first-order chi connectivity index (χ1) is 10.6. The first-order valence-electron chi connectivity index (χ1n) is 6.98. The summed E-state index contributed by atoms with van der Waals surface area (Å²) in [6.07, 6.45) is 2.14. The number of carbonyl (C=O) groups excluding carboxylic acids is 1. The van der Waals surface area contributed by atoms with Gasteiger partial charge in [0, 0.05) is 16.1 Å².